The molecule has 1 atom stereocenters. The minimum absolute atomic E-state index is 0.00736. The van der Waals surface area contributed by atoms with Crippen molar-refractivity contribution in [3.05, 3.63) is 0 Å². The molecule has 1 heterocycles. The van der Waals surface area contributed by atoms with Crippen LogP contribution in [0.1, 0.15) is 52.9 Å². The molecule has 1 unspecified atom stereocenters. The van der Waals surface area contributed by atoms with Gasteiger partial charge in [-0.3, -0.25) is 9.59 Å². The van der Waals surface area contributed by atoms with Crippen LogP contribution in [0.5, 0.6) is 0 Å². The summed E-state index contributed by atoms with van der Waals surface area (Å²) in [5, 5.41) is 9.47. The van der Waals surface area contributed by atoms with Gasteiger partial charge in [-0.15, -0.1) is 0 Å². The maximum absolute atomic E-state index is 12.5. The molecule has 2 fully saturated rings. The van der Waals surface area contributed by atoms with E-state index in [0.717, 1.165) is 12.8 Å². The lowest BCUT2D eigenvalue weighted by atomic mass is 9.82. The molecule has 0 aromatic rings. The first-order chi connectivity index (χ1) is 9.24. The van der Waals surface area contributed by atoms with Crippen molar-refractivity contribution < 1.29 is 19.4 Å². The number of carboxylic acid groups (broad SMARTS) is 1. The highest BCUT2D eigenvalue weighted by molar-refractivity contribution is 5.85. The first-order valence-electron chi connectivity index (χ1n) is 7.43. The highest BCUT2D eigenvalue weighted by Crippen LogP contribution is 2.42. The second-order valence-electron chi connectivity index (χ2n) is 6.93. The Bertz CT molecular complexity index is 399. The number of carbonyl (C=O) groups excluding carboxylic acids is 1. The average molecular weight is 283 g/mol. The Labute approximate surface area is 120 Å². The number of amides is 1. The van der Waals surface area contributed by atoms with Gasteiger partial charge in [-0.25, -0.2) is 0 Å². The first kappa shape index (κ1) is 15.3. The van der Waals surface area contributed by atoms with E-state index < -0.39 is 11.4 Å². The third-order valence-electron chi connectivity index (χ3n) is 4.43. The molecule has 1 aliphatic heterocycles. The number of hydrogen-bond donors (Lipinski definition) is 1. The summed E-state index contributed by atoms with van der Waals surface area (Å²) in [6, 6.07) is 0. The van der Waals surface area contributed by atoms with Gasteiger partial charge < -0.3 is 14.7 Å². The van der Waals surface area contributed by atoms with E-state index in [1.807, 2.05) is 20.8 Å². The van der Waals surface area contributed by atoms with E-state index in [1.165, 1.54) is 0 Å². The van der Waals surface area contributed by atoms with Crippen molar-refractivity contribution in [1.29, 1.82) is 0 Å². The molecule has 5 heteroatoms. The molecule has 5 nitrogen and oxygen atoms in total. The van der Waals surface area contributed by atoms with E-state index in [4.69, 9.17) is 4.74 Å². The van der Waals surface area contributed by atoms with E-state index in [0.29, 0.717) is 25.9 Å². The van der Waals surface area contributed by atoms with Gasteiger partial charge in [0.05, 0.1) is 17.1 Å². The fraction of sp³-hybridized carbons (Fsp3) is 0.867. The summed E-state index contributed by atoms with van der Waals surface area (Å²) >= 11 is 0. The van der Waals surface area contributed by atoms with Crippen LogP contribution in [0.25, 0.3) is 0 Å². The average Bonchev–Trinajstić information content (AvgIpc) is 2.76. The van der Waals surface area contributed by atoms with Crippen LogP contribution in [-0.4, -0.2) is 46.7 Å². The van der Waals surface area contributed by atoms with E-state index in [2.05, 4.69) is 0 Å². The standard InChI is InChI=1S/C15H25NO4/c1-11-9-16(10-14(2,3)20-11)12(17)8-15(13(18)19)6-4-5-7-15/h11H,4-10H2,1-3H3,(H,18,19). The summed E-state index contributed by atoms with van der Waals surface area (Å²) in [5.41, 5.74) is -1.19. The van der Waals surface area contributed by atoms with Crippen LogP contribution in [0.2, 0.25) is 0 Å². The number of aliphatic carboxylic acids is 1. The quantitative estimate of drug-likeness (QED) is 0.861. The fourth-order valence-electron chi connectivity index (χ4n) is 3.56. The molecule has 2 aliphatic rings. The Morgan fingerprint density at radius 3 is 2.40 bits per heavy atom. The molecular formula is C15H25NO4. The number of carbonyl (C=O) groups is 2. The summed E-state index contributed by atoms with van der Waals surface area (Å²) in [6.45, 7) is 6.96. The summed E-state index contributed by atoms with van der Waals surface area (Å²) in [6.07, 6.45) is 3.18. The third-order valence-corrected chi connectivity index (χ3v) is 4.43. The summed E-state index contributed by atoms with van der Waals surface area (Å²) in [7, 11) is 0. The zero-order valence-corrected chi connectivity index (χ0v) is 12.6. The van der Waals surface area contributed by atoms with Gasteiger partial charge in [0.15, 0.2) is 0 Å². The molecule has 1 saturated carbocycles. The maximum Gasteiger partial charge on any atom is 0.310 e. The molecule has 0 radical (unpaired) electrons. The molecule has 2 rings (SSSR count). The Hall–Kier alpha value is -1.10. The van der Waals surface area contributed by atoms with Gasteiger partial charge in [-0.05, 0) is 33.6 Å². The molecular weight excluding hydrogens is 258 g/mol. The molecule has 1 saturated heterocycles. The van der Waals surface area contributed by atoms with Crippen LogP contribution in [-0.2, 0) is 14.3 Å². The molecule has 1 amide bonds. The zero-order valence-electron chi connectivity index (χ0n) is 12.6. The van der Waals surface area contributed by atoms with Crippen LogP contribution in [0.3, 0.4) is 0 Å². The highest BCUT2D eigenvalue weighted by Gasteiger charge is 2.45. The second kappa shape index (κ2) is 5.35. The monoisotopic (exact) mass is 283 g/mol. The van der Waals surface area contributed by atoms with E-state index in [1.54, 1.807) is 4.90 Å². The minimum atomic E-state index is -0.831. The van der Waals surface area contributed by atoms with Gasteiger partial charge in [-0.2, -0.15) is 0 Å². The van der Waals surface area contributed by atoms with Crippen LogP contribution in [0.4, 0.5) is 0 Å². The lowest BCUT2D eigenvalue weighted by Crippen LogP contribution is -2.54. The van der Waals surface area contributed by atoms with Crippen molar-refractivity contribution in [3.8, 4) is 0 Å². The van der Waals surface area contributed by atoms with E-state index >= 15 is 0 Å². The largest absolute Gasteiger partial charge is 0.481 e. The van der Waals surface area contributed by atoms with Crippen molar-refractivity contribution in [2.75, 3.05) is 13.1 Å². The van der Waals surface area contributed by atoms with Crippen molar-refractivity contribution in [2.24, 2.45) is 5.41 Å². The minimum Gasteiger partial charge on any atom is -0.481 e. The molecule has 1 N–H and O–H groups in total. The number of nitrogens with zero attached hydrogens (tertiary/aromatic N) is 1. The number of rotatable bonds is 3. The Morgan fingerprint density at radius 1 is 1.30 bits per heavy atom. The SMILES string of the molecule is CC1CN(C(=O)CC2(C(=O)O)CCCC2)CC(C)(C)O1. The van der Waals surface area contributed by atoms with Gasteiger partial charge in [-0.1, -0.05) is 12.8 Å². The molecule has 0 spiro atoms. The number of carboxylic acids is 1. The van der Waals surface area contributed by atoms with E-state index in [-0.39, 0.29) is 24.0 Å². The summed E-state index contributed by atoms with van der Waals surface area (Å²) in [5.74, 6) is -0.860. The number of hydrogen-bond acceptors (Lipinski definition) is 3. The van der Waals surface area contributed by atoms with Gasteiger partial charge in [0.2, 0.25) is 5.91 Å². The molecule has 20 heavy (non-hydrogen) atoms. The van der Waals surface area contributed by atoms with Gasteiger partial charge >= 0.3 is 5.97 Å². The summed E-state index contributed by atoms with van der Waals surface area (Å²) in [4.78, 5) is 25.8. The molecule has 1 aliphatic carbocycles. The third kappa shape index (κ3) is 3.14. The van der Waals surface area contributed by atoms with Gasteiger partial charge in [0, 0.05) is 19.5 Å². The van der Waals surface area contributed by atoms with Gasteiger partial charge in [0.1, 0.15) is 0 Å². The second-order valence-corrected chi connectivity index (χ2v) is 6.93. The Morgan fingerprint density at radius 2 is 1.90 bits per heavy atom. The summed E-state index contributed by atoms with van der Waals surface area (Å²) < 4.78 is 5.79. The Kier molecular flexibility index (Phi) is 4.09. The highest BCUT2D eigenvalue weighted by atomic mass is 16.5. The maximum atomic E-state index is 12.5. The zero-order chi connectivity index (χ0) is 15.0. The molecule has 0 aromatic carbocycles. The van der Waals surface area contributed by atoms with Crippen molar-refractivity contribution in [2.45, 2.75) is 64.6 Å². The van der Waals surface area contributed by atoms with Crippen LogP contribution in [0, 0.1) is 5.41 Å². The fourth-order valence-corrected chi connectivity index (χ4v) is 3.56. The number of morpholine rings is 1. The number of ether oxygens (including phenoxy) is 1. The molecule has 0 aromatic heterocycles. The van der Waals surface area contributed by atoms with Gasteiger partial charge in [0.25, 0.3) is 0 Å². The van der Waals surface area contributed by atoms with Crippen molar-refractivity contribution in [1.82, 2.24) is 4.90 Å². The lowest BCUT2D eigenvalue weighted by molar-refractivity contribution is -0.164. The predicted octanol–water partition coefficient (Wildman–Crippen LogP) is 2.05. The van der Waals surface area contributed by atoms with Crippen LogP contribution < -0.4 is 0 Å². The predicted molar refractivity (Wildman–Crippen MR) is 74.4 cm³/mol. The molecule has 0 bridgehead atoms. The van der Waals surface area contributed by atoms with Crippen molar-refractivity contribution >= 4 is 11.9 Å². The van der Waals surface area contributed by atoms with Crippen molar-refractivity contribution in [3.63, 3.8) is 0 Å². The van der Waals surface area contributed by atoms with Crippen LogP contribution in [0.15, 0.2) is 0 Å². The van der Waals surface area contributed by atoms with E-state index in [9.17, 15) is 14.7 Å². The topological polar surface area (TPSA) is 66.8 Å². The molecule has 114 valence electrons. The lowest BCUT2D eigenvalue weighted by Gasteiger charge is -2.42. The Balaban J connectivity index is 2.05. The smallest absolute Gasteiger partial charge is 0.310 e. The first-order valence-corrected chi connectivity index (χ1v) is 7.43. The normalized spacial score (nSPS) is 28.4. The van der Waals surface area contributed by atoms with Crippen LogP contribution >= 0.6 is 0 Å².